The molecule has 114 valence electrons. The third-order valence-corrected chi connectivity index (χ3v) is 4.96. The highest BCUT2D eigenvalue weighted by Crippen LogP contribution is 2.32. The van der Waals surface area contributed by atoms with Gasteiger partial charge in [0, 0.05) is 24.8 Å². The van der Waals surface area contributed by atoms with E-state index in [4.69, 9.17) is 0 Å². The van der Waals surface area contributed by atoms with Crippen LogP contribution >= 0.6 is 11.8 Å². The standard InChI is InChI=1S/C14H25N3O2S/c1-2-6-15-7-8-16-13(18)12-9-20-10-17(12)14(19)11-4-3-5-11/h11-12,15H,2-10H2,1H3,(H,16,18). The summed E-state index contributed by atoms with van der Waals surface area (Å²) in [5, 5.41) is 6.19. The van der Waals surface area contributed by atoms with Crippen molar-refractivity contribution >= 4 is 23.6 Å². The first-order valence-corrected chi connectivity index (χ1v) is 8.76. The number of amides is 2. The molecule has 1 saturated carbocycles. The van der Waals surface area contributed by atoms with Crippen LogP contribution < -0.4 is 10.6 Å². The molecule has 20 heavy (non-hydrogen) atoms. The van der Waals surface area contributed by atoms with Crippen LogP contribution in [0.3, 0.4) is 0 Å². The summed E-state index contributed by atoms with van der Waals surface area (Å²) in [4.78, 5) is 26.2. The van der Waals surface area contributed by atoms with Crippen LogP contribution in [-0.4, -0.2) is 54.0 Å². The first kappa shape index (κ1) is 15.6. The van der Waals surface area contributed by atoms with E-state index >= 15 is 0 Å². The predicted molar refractivity (Wildman–Crippen MR) is 81.5 cm³/mol. The van der Waals surface area contributed by atoms with Gasteiger partial charge in [0.25, 0.3) is 0 Å². The van der Waals surface area contributed by atoms with Crippen molar-refractivity contribution in [2.45, 2.75) is 38.6 Å². The van der Waals surface area contributed by atoms with E-state index in [0.29, 0.717) is 12.4 Å². The van der Waals surface area contributed by atoms with E-state index in [1.165, 1.54) is 0 Å². The number of rotatable bonds is 7. The Bertz CT molecular complexity index is 347. The lowest BCUT2D eigenvalue weighted by molar-refractivity contribution is -0.143. The van der Waals surface area contributed by atoms with Gasteiger partial charge in [-0.05, 0) is 25.8 Å². The fraction of sp³-hybridized carbons (Fsp3) is 0.857. The summed E-state index contributed by atoms with van der Waals surface area (Å²) in [7, 11) is 0. The number of carbonyl (C=O) groups is 2. The molecule has 0 aromatic heterocycles. The summed E-state index contributed by atoms with van der Waals surface area (Å²) in [6.45, 7) is 4.51. The number of thioether (sulfide) groups is 1. The molecule has 0 aromatic carbocycles. The second-order valence-corrected chi connectivity index (χ2v) is 6.49. The van der Waals surface area contributed by atoms with E-state index in [9.17, 15) is 9.59 Å². The van der Waals surface area contributed by atoms with Crippen LogP contribution in [0.25, 0.3) is 0 Å². The first-order valence-electron chi connectivity index (χ1n) is 7.60. The molecule has 2 rings (SSSR count). The molecule has 1 aliphatic carbocycles. The average Bonchev–Trinajstić information content (AvgIpc) is 2.85. The zero-order valence-corrected chi connectivity index (χ0v) is 13.0. The zero-order valence-electron chi connectivity index (χ0n) is 12.2. The molecule has 1 atom stereocenters. The summed E-state index contributed by atoms with van der Waals surface area (Å²) in [6.07, 6.45) is 4.23. The minimum absolute atomic E-state index is 0.000900. The Labute approximate surface area is 125 Å². The number of hydrogen-bond donors (Lipinski definition) is 2. The molecule has 2 fully saturated rings. The van der Waals surface area contributed by atoms with E-state index in [2.05, 4.69) is 17.6 Å². The molecule has 1 unspecified atom stereocenters. The third-order valence-electron chi connectivity index (χ3n) is 3.95. The van der Waals surface area contributed by atoms with Crippen LogP contribution in [-0.2, 0) is 9.59 Å². The highest BCUT2D eigenvalue weighted by molar-refractivity contribution is 7.99. The second kappa shape index (κ2) is 7.88. The maximum atomic E-state index is 12.3. The number of hydrogen-bond acceptors (Lipinski definition) is 4. The van der Waals surface area contributed by atoms with Crippen LogP contribution in [0.1, 0.15) is 32.6 Å². The molecule has 2 aliphatic rings. The lowest BCUT2D eigenvalue weighted by atomic mass is 9.84. The van der Waals surface area contributed by atoms with Crippen molar-refractivity contribution in [3.05, 3.63) is 0 Å². The molecular weight excluding hydrogens is 274 g/mol. The Balaban J connectivity index is 1.74. The minimum Gasteiger partial charge on any atom is -0.353 e. The van der Waals surface area contributed by atoms with Gasteiger partial charge < -0.3 is 15.5 Å². The second-order valence-electron chi connectivity index (χ2n) is 5.49. The van der Waals surface area contributed by atoms with Gasteiger partial charge in [-0.25, -0.2) is 0 Å². The first-order chi connectivity index (χ1) is 9.74. The van der Waals surface area contributed by atoms with Crippen LogP contribution in [0.2, 0.25) is 0 Å². The average molecular weight is 299 g/mol. The Morgan fingerprint density at radius 2 is 2.05 bits per heavy atom. The topological polar surface area (TPSA) is 61.4 Å². The highest BCUT2D eigenvalue weighted by atomic mass is 32.2. The number of nitrogens with zero attached hydrogens (tertiary/aromatic N) is 1. The van der Waals surface area contributed by atoms with Gasteiger partial charge in [0.05, 0.1) is 5.88 Å². The van der Waals surface area contributed by atoms with E-state index in [0.717, 1.165) is 44.5 Å². The quantitative estimate of drug-likeness (QED) is 0.683. The van der Waals surface area contributed by atoms with Crippen LogP contribution in [0.15, 0.2) is 0 Å². The molecule has 0 aromatic rings. The van der Waals surface area contributed by atoms with Gasteiger partial charge in [0.15, 0.2) is 0 Å². The normalized spacial score (nSPS) is 22.6. The molecule has 1 heterocycles. The summed E-state index contributed by atoms with van der Waals surface area (Å²) >= 11 is 1.67. The van der Waals surface area contributed by atoms with Crippen molar-refractivity contribution in [2.75, 3.05) is 31.3 Å². The van der Waals surface area contributed by atoms with Gasteiger partial charge in [0.1, 0.15) is 6.04 Å². The van der Waals surface area contributed by atoms with Crippen molar-refractivity contribution in [3.8, 4) is 0 Å². The van der Waals surface area contributed by atoms with Crippen LogP contribution in [0.5, 0.6) is 0 Å². The number of nitrogens with one attached hydrogen (secondary N) is 2. The Kier molecular flexibility index (Phi) is 6.16. The molecule has 1 saturated heterocycles. The summed E-state index contributed by atoms with van der Waals surface area (Å²) in [5.74, 6) is 1.76. The zero-order chi connectivity index (χ0) is 14.4. The fourth-order valence-electron chi connectivity index (χ4n) is 2.46. The van der Waals surface area contributed by atoms with Crippen molar-refractivity contribution in [3.63, 3.8) is 0 Å². The van der Waals surface area contributed by atoms with Gasteiger partial charge in [-0.1, -0.05) is 13.3 Å². The summed E-state index contributed by atoms with van der Waals surface area (Å²) in [5.41, 5.74) is 0. The molecule has 0 bridgehead atoms. The highest BCUT2D eigenvalue weighted by Gasteiger charge is 2.38. The predicted octanol–water partition coefficient (Wildman–Crippen LogP) is 0.804. The Morgan fingerprint density at radius 1 is 1.25 bits per heavy atom. The maximum absolute atomic E-state index is 12.3. The summed E-state index contributed by atoms with van der Waals surface area (Å²) in [6, 6.07) is -0.265. The lowest BCUT2D eigenvalue weighted by Crippen LogP contribution is -2.50. The van der Waals surface area contributed by atoms with Gasteiger partial charge in [-0.15, -0.1) is 11.8 Å². The Hall–Kier alpha value is -0.750. The smallest absolute Gasteiger partial charge is 0.243 e. The summed E-state index contributed by atoms with van der Waals surface area (Å²) < 4.78 is 0. The fourth-order valence-corrected chi connectivity index (χ4v) is 3.62. The van der Waals surface area contributed by atoms with Crippen molar-refractivity contribution in [2.24, 2.45) is 5.92 Å². The van der Waals surface area contributed by atoms with E-state index < -0.39 is 0 Å². The molecule has 0 spiro atoms. The third kappa shape index (κ3) is 3.88. The molecule has 2 amide bonds. The molecule has 0 radical (unpaired) electrons. The van der Waals surface area contributed by atoms with Crippen LogP contribution in [0.4, 0.5) is 0 Å². The van der Waals surface area contributed by atoms with Gasteiger partial charge in [0.2, 0.25) is 11.8 Å². The van der Waals surface area contributed by atoms with Crippen molar-refractivity contribution in [1.29, 1.82) is 0 Å². The minimum atomic E-state index is -0.265. The molecule has 5 nitrogen and oxygen atoms in total. The molecule has 6 heteroatoms. The van der Waals surface area contributed by atoms with Gasteiger partial charge in [-0.3, -0.25) is 9.59 Å². The van der Waals surface area contributed by atoms with Gasteiger partial charge >= 0.3 is 0 Å². The Morgan fingerprint density at radius 3 is 2.70 bits per heavy atom. The maximum Gasteiger partial charge on any atom is 0.243 e. The molecule has 2 N–H and O–H groups in total. The van der Waals surface area contributed by atoms with Crippen LogP contribution in [0, 0.1) is 5.92 Å². The van der Waals surface area contributed by atoms with E-state index in [1.54, 1.807) is 16.7 Å². The van der Waals surface area contributed by atoms with Crippen molar-refractivity contribution < 1.29 is 9.59 Å². The van der Waals surface area contributed by atoms with Crippen molar-refractivity contribution in [1.82, 2.24) is 15.5 Å². The van der Waals surface area contributed by atoms with E-state index in [1.807, 2.05) is 0 Å². The van der Waals surface area contributed by atoms with E-state index in [-0.39, 0.29) is 23.8 Å². The largest absolute Gasteiger partial charge is 0.353 e. The lowest BCUT2D eigenvalue weighted by Gasteiger charge is -2.31. The molecular formula is C14H25N3O2S. The van der Waals surface area contributed by atoms with Gasteiger partial charge in [-0.2, -0.15) is 0 Å². The monoisotopic (exact) mass is 299 g/mol. The SMILES string of the molecule is CCCNCCNC(=O)C1CSCN1C(=O)C1CCC1. The molecule has 1 aliphatic heterocycles. The number of carbonyl (C=O) groups excluding carboxylic acids is 2.